The molecule has 0 spiro atoms. The first-order valence-electron chi connectivity index (χ1n) is 25.2. The van der Waals surface area contributed by atoms with Gasteiger partial charge in [0.05, 0.1) is 17.0 Å². The van der Waals surface area contributed by atoms with Crippen LogP contribution in [0, 0.1) is 0 Å². The maximum absolute atomic E-state index is 7.50. The van der Waals surface area contributed by atoms with E-state index >= 15 is 0 Å². The van der Waals surface area contributed by atoms with E-state index in [1.807, 2.05) is 0 Å². The van der Waals surface area contributed by atoms with E-state index in [1.165, 1.54) is 104 Å². The third kappa shape index (κ3) is 5.65. The Labute approximate surface area is 409 Å². The minimum Gasteiger partial charge on any atom is -0.468 e. The van der Waals surface area contributed by atoms with Crippen molar-refractivity contribution in [3.05, 3.63) is 199 Å². The molecule has 0 bridgehead atoms. The van der Waals surface area contributed by atoms with Gasteiger partial charge in [0.2, 0.25) is 0 Å². The van der Waals surface area contributed by atoms with Gasteiger partial charge in [0.15, 0.2) is 0 Å². The van der Waals surface area contributed by atoms with Gasteiger partial charge in [-0.3, -0.25) is 0 Å². The first-order chi connectivity index (χ1) is 34.1. The summed E-state index contributed by atoms with van der Waals surface area (Å²) in [7, 11) is 0. The fourth-order valence-electron chi connectivity index (χ4n) is 12.4. The molecule has 3 nitrogen and oxygen atoms in total. The summed E-state index contributed by atoms with van der Waals surface area (Å²) in [5, 5.41) is 16.3. The first-order valence-corrected chi connectivity index (χ1v) is 25.2. The Bertz CT molecular complexity index is 4120. The molecule has 0 unspecified atom stereocenters. The Kier molecular flexibility index (Phi) is 8.73. The third-order valence-corrected chi connectivity index (χ3v) is 16.9. The van der Waals surface area contributed by atoms with Gasteiger partial charge >= 0.3 is 0 Å². The molecule has 70 heavy (non-hydrogen) atoms. The number of hydrogen-bond donors (Lipinski definition) is 0. The van der Waals surface area contributed by atoms with Crippen molar-refractivity contribution >= 4 is 133 Å². The predicted molar refractivity (Wildman–Crippen MR) is 302 cm³/mol. The van der Waals surface area contributed by atoms with Gasteiger partial charge in [0.1, 0.15) is 5.58 Å². The highest BCUT2D eigenvalue weighted by molar-refractivity contribution is 7.00. The van der Waals surface area contributed by atoms with Crippen LogP contribution in [0.3, 0.4) is 0 Å². The second kappa shape index (κ2) is 14.8. The number of nitrogens with zero attached hydrogens (tertiary/aromatic N) is 2. The molecule has 2 aliphatic heterocycles. The van der Waals surface area contributed by atoms with Crippen molar-refractivity contribution < 1.29 is 4.42 Å². The molecule has 0 fully saturated rings. The lowest BCUT2D eigenvalue weighted by atomic mass is 9.35. The van der Waals surface area contributed by atoms with E-state index in [0.29, 0.717) is 0 Å². The van der Waals surface area contributed by atoms with Crippen molar-refractivity contribution in [3.63, 3.8) is 0 Å². The first kappa shape index (κ1) is 41.2. The summed E-state index contributed by atoms with van der Waals surface area (Å²) in [5.74, 6) is 0. The van der Waals surface area contributed by atoms with Crippen LogP contribution in [0.2, 0.25) is 0 Å². The van der Waals surface area contributed by atoms with Crippen LogP contribution < -0.4 is 26.4 Å². The lowest BCUT2D eigenvalue weighted by molar-refractivity contribution is 0.506. The van der Waals surface area contributed by atoms with E-state index in [2.05, 4.69) is 239 Å². The molecule has 0 saturated carbocycles. The monoisotopic (exact) mass is 900 g/mol. The van der Waals surface area contributed by atoms with E-state index in [0.717, 1.165) is 46.5 Å². The van der Waals surface area contributed by atoms with Crippen LogP contribution in [0.15, 0.2) is 192 Å². The number of furan rings is 1. The number of anilines is 6. The molecule has 4 heteroatoms. The maximum Gasteiger partial charge on any atom is 0.297 e. The van der Waals surface area contributed by atoms with E-state index in [1.54, 1.807) is 0 Å². The van der Waals surface area contributed by atoms with Crippen molar-refractivity contribution in [2.75, 3.05) is 9.80 Å². The quantitative estimate of drug-likeness (QED) is 0.122. The zero-order chi connectivity index (χ0) is 47.2. The lowest BCUT2D eigenvalue weighted by Gasteiger charge is -2.43. The second-order valence-corrected chi connectivity index (χ2v) is 21.2. The second-order valence-electron chi connectivity index (χ2n) is 21.2. The Hall–Kier alpha value is -7.82. The molecule has 11 aromatic carbocycles. The van der Waals surface area contributed by atoms with Crippen molar-refractivity contribution in [1.29, 1.82) is 0 Å². The lowest BCUT2D eigenvalue weighted by Crippen LogP contribution is -2.61. The van der Waals surface area contributed by atoms with Crippen LogP contribution in [0.1, 0.15) is 65.5 Å². The summed E-state index contributed by atoms with van der Waals surface area (Å²) in [4.78, 5) is 5.14. The van der Waals surface area contributed by atoms with Crippen molar-refractivity contribution in [2.45, 2.75) is 65.2 Å². The standard InChI is InChI=1S/C66H53BN2O/c1-7-65(3,4)40-32-36-60-54(37-40)63-64(70-60)67-55-38-41(66(5,6)8-2)31-35-56(55)68(42-33-34-50-45-21-10-9-19-43(45)44-20-12-14-25-49(44)53(50)39-42)58-29-18-30-59(62(58)67)69(63)57-28-17-27-52-48-23-13-11-22-46(48)47-24-15-16-26-51(47)61(52)57/h9-39H,7-8H2,1-6H3. The molecule has 1 aromatic heterocycles. The Morgan fingerprint density at radius 3 is 1.47 bits per heavy atom. The minimum absolute atomic E-state index is 0.0203. The van der Waals surface area contributed by atoms with Crippen LogP contribution >= 0.6 is 0 Å². The molecular formula is C66H53BN2O. The fraction of sp³-hybridized carbons (Fsp3) is 0.152. The van der Waals surface area contributed by atoms with Crippen LogP contribution in [-0.2, 0) is 10.8 Å². The highest BCUT2D eigenvalue weighted by atomic mass is 16.3. The van der Waals surface area contributed by atoms with Crippen LogP contribution in [0.4, 0.5) is 34.1 Å². The molecule has 2 aliphatic rings. The topological polar surface area (TPSA) is 19.6 Å². The average molecular weight is 901 g/mol. The normalized spacial score (nSPS) is 13.6. The Morgan fingerprint density at radius 1 is 0.400 bits per heavy atom. The minimum atomic E-state index is -0.163. The van der Waals surface area contributed by atoms with Crippen molar-refractivity contribution in [3.8, 4) is 0 Å². The fourth-order valence-corrected chi connectivity index (χ4v) is 12.4. The summed E-state index contributed by atoms with van der Waals surface area (Å²) >= 11 is 0. The van der Waals surface area contributed by atoms with Gasteiger partial charge in [-0.25, -0.2) is 0 Å². The van der Waals surface area contributed by atoms with E-state index in [4.69, 9.17) is 4.42 Å². The summed E-state index contributed by atoms with van der Waals surface area (Å²) in [6.07, 6.45) is 2.05. The zero-order valence-corrected chi connectivity index (χ0v) is 40.7. The molecular weight excluding hydrogens is 848 g/mol. The number of hydrogen-bond acceptors (Lipinski definition) is 3. The predicted octanol–water partition coefficient (Wildman–Crippen LogP) is 16.8. The molecule has 0 aliphatic carbocycles. The summed E-state index contributed by atoms with van der Waals surface area (Å²) < 4.78 is 7.50. The van der Waals surface area contributed by atoms with Gasteiger partial charge < -0.3 is 14.2 Å². The van der Waals surface area contributed by atoms with Crippen molar-refractivity contribution in [1.82, 2.24) is 0 Å². The largest absolute Gasteiger partial charge is 0.468 e. The van der Waals surface area contributed by atoms with Gasteiger partial charge in [-0.2, -0.15) is 0 Å². The number of benzene rings is 11. The molecule has 0 radical (unpaired) electrons. The molecule has 0 amide bonds. The maximum atomic E-state index is 7.50. The Balaban J connectivity index is 1.12. The molecule has 12 aromatic rings. The SMILES string of the molecule is CCC(C)(C)c1ccc2c(c1)B1c3oc4ccc(C(C)(C)CC)cc4c3N(c3cccc4c5ccccc5c5ccccc5c34)c3cccc(c31)N2c1ccc2c3ccccc3c3ccccc3c2c1. The smallest absolute Gasteiger partial charge is 0.297 e. The molecule has 0 N–H and O–H groups in total. The zero-order valence-electron chi connectivity index (χ0n) is 40.7. The Morgan fingerprint density at radius 2 is 0.871 bits per heavy atom. The summed E-state index contributed by atoms with van der Waals surface area (Å²) in [6.45, 7) is 13.9. The van der Waals surface area contributed by atoms with Gasteiger partial charge in [0, 0.05) is 33.5 Å². The number of fused-ring (bicyclic) bond motifs is 18. The highest BCUT2D eigenvalue weighted by Crippen LogP contribution is 2.51. The molecule has 14 rings (SSSR count). The number of rotatable bonds is 6. The molecule has 0 saturated heterocycles. The van der Waals surface area contributed by atoms with Crippen molar-refractivity contribution in [2.24, 2.45) is 0 Å². The highest BCUT2D eigenvalue weighted by Gasteiger charge is 2.47. The average Bonchev–Trinajstić information content (AvgIpc) is 3.79. The van der Waals surface area contributed by atoms with Crippen LogP contribution in [-0.4, -0.2) is 6.71 Å². The van der Waals surface area contributed by atoms with E-state index in [9.17, 15) is 0 Å². The van der Waals surface area contributed by atoms with E-state index in [-0.39, 0.29) is 17.5 Å². The van der Waals surface area contributed by atoms with Gasteiger partial charge in [-0.15, -0.1) is 0 Å². The molecule has 3 heterocycles. The van der Waals surface area contributed by atoms with Gasteiger partial charge in [0.25, 0.3) is 6.71 Å². The van der Waals surface area contributed by atoms with Crippen LogP contribution in [0.5, 0.6) is 0 Å². The summed E-state index contributed by atoms with van der Waals surface area (Å²) in [6, 6.07) is 71.1. The van der Waals surface area contributed by atoms with E-state index < -0.39 is 0 Å². The van der Waals surface area contributed by atoms with Gasteiger partial charge in [-0.1, -0.05) is 181 Å². The van der Waals surface area contributed by atoms with Gasteiger partial charge in [-0.05, 0) is 154 Å². The third-order valence-electron chi connectivity index (χ3n) is 16.9. The summed E-state index contributed by atoms with van der Waals surface area (Å²) in [5.41, 5.74) is 14.0. The van der Waals surface area contributed by atoms with Crippen LogP contribution in [0.25, 0.3) is 75.6 Å². The molecule has 0 atom stereocenters. The molecule has 336 valence electrons.